The average Bonchev–Trinajstić information content (AvgIpc) is 2.65. The molecule has 0 aliphatic heterocycles. The van der Waals surface area contributed by atoms with Gasteiger partial charge in [0.2, 0.25) is 5.91 Å². The molecule has 0 saturated heterocycles. The predicted molar refractivity (Wildman–Crippen MR) is 86.8 cm³/mol. The Morgan fingerprint density at radius 3 is 2.43 bits per heavy atom. The van der Waals surface area contributed by atoms with Gasteiger partial charge in [-0.05, 0) is 51.4 Å². The summed E-state index contributed by atoms with van der Waals surface area (Å²) in [7, 11) is 0. The number of amides is 1. The highest BCUT2D eigenvalue weighted by atomic mass is 16.1. The molecule has 4 heteroatoms. The molecule has 0 spiro atoms. The second kappa shape index (κ2) is 8.74. The van der Waals surface area contributed by atoms with E-state index in [2.05, 4.69) is 10.6 Å². The van der Waals surface area contributed by atoms with E-state index in [4.69, 9.17) is 5.73 Å². The Balaban J connectivity index is 1.68. The highest BCUT2D eigenvalue weighted by Crippen LogP contribution is 2.26. The molecule has 2 aliphatic rings. The SMILES string of the molecule is CC(N)NC1CCCC(CC(=O)NC2CCCCC2)CC1. The van der Waals surface area contributed by atoms with Gasteiger partial charge in [0.05, 0.1) is 6.17 Å². The molecular weight excluding hydrogens is 262 g/mol. The monoisotopic (exact) mass is 295 g/mol. The number of nitrogens with two attached hydrogens (primary N) is 1. The Morgan fingerprint density at radius 2 is 1.71 bits per heavy atom. The van der Waals surface area contributed by atoms with Crippen molar-refractivity contribution in [2.75, 3.05) is 0 Å². The van der Waals surface area contributed by atoms with Gasteiger partial charge in [0.15, 0.2) is 0 Å². The van der Waals surface area contributed by atoms with Crippen LogP contribution in [-0.2, 0) is 4.79 Å². The fourth-order valence-electron chi connectivity index (χ4n) is 3.92. The first-order valence-electron chi connectivity index (χ1n) is 8.94. The number of carbonyl (C=O) groups is 1. The smallest absolute Gasteiger partial charge is 0.220 e. The van der Waals surface area contributed by atoms with E-state index in [0.717, 1.165) is 19.3 Å². The summed E-state index contributed by atoms with van der Waals surface area (Å²) in [4.78, 5) is 12.2. The molecule has 3 atom stereocenters. The molecule has 4 nitrogen and oxygen atoms in total. The van der Waals surface area contributed by atoms with E-state index in [9.17, 15) is 4.79 Å². The van der Waals surface area contributed by atoms with Crippen LogP contribution in [0.25, 0.3) is 0 Å². The number of carbonyl (C=O) groups excluding carboxylic acids is 1. The van der Waals surface area contributed by atoms with Crippen LogP contribution in [-0.4, -0.2) is 24.2 Å². The van der Waals surface area contributed by atoms with Crippen molar-refractivity contribution in [3.8, 4) is 0 Å². The standard InChI is InChI=1S/C17H33N3O/c1-13(18)19-16-9-5-6-14(10-11-16)12-17(21)20-15-7-3-2-4-8-15/h13-16,19H,2-12,18H2,1H3,(H,20,21). The second-order valence-corrected chi connectivity index (χ2v) is 7.13. The Bertz CT molecular complexity index is 313. The fourth-order valence-corrected chi connectivity index (χ4v) is 3.92. The molecule has 21 heavy (non-hydrogen) atoms. The summed E-state index contributed by atoms with van der Waals surface area (Å²) in [6, 6.07) is 0.987. The van der Waals surface area contributed by atoms with Crippen molar-refractivity contribution in [3.05, 3.63) is 0 Å². The summed E-state index contributed by atoms with van der Waals surface area (Å²) in [5.41, 5.74) is 5.82. The highest BCUT2D eigenvalue weighted by molar-refractivity contribution is 5.76. The Kier molecular flexibility index (Phi) is 6.97. The maximum absolute atomic E-state index is 12.2. The molecule has 0 aromatic rings. The van der Waals surface area contributed by atoms with Gasteiger partial charge in [-0.1, -0.05) is 25.7 Å². The van der Waals surface area contributed by atoms with Crippen LogP contribution in [0.15, 0.2) is 0 Å². The molecule has 2 saturated carbocycles. The normalized spacial score (nSPS) is 29.6. The maximum atomic E-state index is 12.2. The van der Waals surface area contributed by atoms with Gasteiger partial charge >= 0.3 is 0 Å². The summed E-state index contributed by atoms with van der Waals surface area (Å²) >= 11 is 0. The van der Waals surface area contributed by atoms with Crippen molar-refractivity contribution in [2.45, 2.75) is 95.8 Å². The molecule has 4 N–H and O–H groups in total. The molecule has 1 amide bonds. The molecule has 0 aromatic carbocycles. The Labute approximate surface area is 129 Å². The third-order valence-corrected chi connectivity index (χ3v) is 5.03. The summed E-state index contributed by atoms with van der Waals surface area (Å²) in [5.74, 6) is 0.846. The Morgan fingerprint density at radius 1 is 1.00 bits per heavy atom. The van der Waals surface area contributed by atoms with Crippen molar-refractivity contribution < 1.29 is 4.79 Å². The van der Waals surface area contributed by atoms with E-state index in [1.807, 2.05) is 6.92 Å². The lowest BCUT2D eigenvalue weighted by Gasteiger charge is -2.24. The van der Waals surface area contributed by atoms with E-state index in [1.54, 1.807) is 0 Å². The van der Waals surface area contributed by atoms with E-state index in [1.165, 1.54) is 51.4 Å². The number of hydrogen-bond donors (Lipinski definition) is 3. The van der Waals surface area contributed by atoms with Gasteiger partial charge < -0.3 is 11.1 Å². The largest absolute Gasteiger partial charge is 0.353 e. The number of nitrogens with one attached hydrogen (secondary N) is 2. The number of rotatable bonds is 5. The molecule has 2 rings (SSSR count). The molecule has 0 bridgehead atoms. The van der Waals surface area contributed by atoms with Gasteiger partial charge in [-0.3, -0.25) is 10.1 Å². The van der Waals surface area contributed by atoms with Crippen LogP contribution in [0.2, 0.25) is 0 Å². The quantitative estimate of drug-likeness (QED) is 0.539. The molecule has 2 aliphatic carbocycles. The summed E-state index contributed by atoms with van der Waals surface area (Å²) in [6.45, 7) is 2.00. The highest BCUT2D eigenvalue weighted by Gasteiger charge is 2.22. The lowest BCUT2D eigenvalue weighted by atomic mass is 9.93. The zero-order chi connectivity index (χ0) is 15.1. The third kappa shape index (κ3) is 6.35. The molecule has 122 valence electrons. The van der Waals surface area contributed by atoms with Gasteiger partial charge in [0.1, 0.15) is 0 Å². The first-order valence-corrected chi connectivity index (χ1v) is 8.94. The minimum atomic E-state index is 0.0705. The maximum Gasteiger partial charge on any atom is 0.220 e. The van der Waals surface area contributed by atoms with Crippen molar-refractivity contribution in [2.24, 2.45) is 11.7 Å². The van der Waals surface area contributed by atoms with Crippen LogP contribution in [0.5, 0.6) is 0 Å². The minimum Gasteiger partial charge on any atom is -0.353 e. The average molecular weight is 295 g/mol. The lowest BCUT2D eigenvalue weighted by Crippen LogP contribution is -2.41. The third-order valence-electron chi connectivity index (χ3n) is 5.03. The van der Waals surface area contributed by atoms with E-state index < -0.39 is 0 Å². The molecular formula is C17H33N3O. The van der Waals surface area contributed by atoms with Crippen LogP contribution in [0.1, 0.15) is 77.6 Å². The van der Waals surface area contributed by atoms with Crippen molar-refractivity contribution in [1.29, 1.82) is 0 Å². The van der Waals surface area contributed by atoms with Crippen LogP contribution >= 0.6 is 0 Å². The van der Waals surface area contributed by atoms with Gasteiger partial charge in [0, 0.05) is 18.5 Å². The molecule has 0 aromatic heterocycles. The first-order chi connectivity index (χ1) is 10.1. The molecule has 2 fully saturated rings. The topological polar surface area (TPSA) is 67.1 Å². The van der Waals surface area contributed by atoms with E-state index in [0.29, 0.717) is 18.0 Å². The molecule has 0 heterocycles. The molecule has 3 unspecified atom stereocenters. The van der Waals surface area contributed by atoms with Gasteiger partial charge in [-0.25, -0.2) is 0 Å². The van der Waals surface area contributed by atoms with Gasteiger partial charge in [0.25, 0.3) is 0 Å². The zero-order valence-corrected chi connectivity index (χ0v) is 13.6. The van der Waals surface area contributed by atoms with Crippen LogP contribution in [0.3, 0.4) is 0 Å². The van der Waals surface area contributed by atoms with Crippen LogP contribution in [0.4, 0.5) is 0 Å². The van der Waals surface area contributed by atoms with Gasteiger partial charge in [-0.2, -0.15) is 0 Å². The van der Waals surface area contributed by atoms with Crippen LogP contribution in [0, 0.1) is 5.92 Å². The summed E-state index contributed by atoms with van der Waals surface area (Å²) in [5, 5.41) is 6.69. The second-order valence-electron chi connectivity index (χ2n) is 7.13. The van der Waals surface area contributed by atoms with E-state index in [-0.39, 0.29) is 12.1 Å². The van der Waals surface area contributed by atoms with E-state index >= 15 is 0 Å². The Hall–Kier alpha value is -0.610. The van der Waals surface area contributed by atoms with Crippen molar-refractivity contribution >= 4 is 5.91 Å². The lowest BCUT2D eigenvalue weighted by molar-refractivity contribution is -0.123. The summed E-state index contributed by atoms with van der Waals surface area (Å²) < 4.78 is 0. The van der Waals surface area contributed by atoms with Gasteiger partial charge in [-0.15, -0.1) is 0 Å². The first kappa shape index (κ1) is 16.8. The minimum absolute atomic E-state index is 0.0705. The molecule has 0 radical (unpaired) electrons. The zero-order valence-electron chi connectivity index (χ0n) is 13.6. The summed E-state index contributed by atoms with van der Waals surface area (Å²) in [6.07, 6.45) is 13.0. The number of hydrogen-bond acceptors (Lipinski definition) is 3. The predicted octanol–water partition coefficient (Wildman–Crippen LogP) is 2.67. The van der Waals surface area contributed by atoms with Crippen molar-refractivity contribution in [3.63, 3.8) is 0 Å². The fraction of sp³-hybridized carbons (Fsp3) is 0.941. The van der Waals surface area contributed by atoms with Crippen LogP contribution < -0.4 is 16.4 Å². The van der Waals surface area contributed by atoms with Crippen molar-refractivity contribution in [1.82, 2.24) is 10.6 Å².